The second-order valence-electron chi connectivity index (χ2n) is 6.42. The molecular weight excluding hydrogens is 386 g/mol. The quantitative estimate of drug-likeness (QED) is 0.658. The molecule has 7 nitrogen and oxygen atoms in total. The Bertz CT molecular complexity index is 924. The van der Waals surface area contributed by atoms with E-state index in [1.165, 1.54) is 58.9 Å². The predicted octanol–water partition coefficient (Wildman–Crippen LogP) is 2.13. The molecule has 0 bridgehead atoms. The molecule has 0 unspecified atom stereocenters. The lowest BCUT2D eigenvalue weighted by Gasteiger charge is -2.08. The maximum atomic E-state index is 12.4. The van der Waals surface area contributed by atoms with Gasteiger partial charge in [-0.05, 0) is 61.6 Å². The Hall–Kier alpha value is -2.23. The van der Waals surface area contributed by atoms with Gasteiger partial charge in [0.15, 0.2) is 0 Å². The first-order valence-corrected chi connectivity index (χ1v) is 11.0. The van der Waals surface area contributed by atoms with Gasteiger partial charge in [-0.2, -0.15) is 0 Å². The number of primary amides is 1. The zero-order chi connectivity index (χ0) is 19.4. The number of hydrogen-bond acceptors (Lipinski definition) is 5. The van der Waals surface area contributed by atoms with Crippen LogP contribution < -0.4 is 16.0 Å². The highest BCUT2D eigenvalue weighted by Crippen LogP contribution is 2.28. The second-order valence-corrected chi connectivity index (χ2v) is 9.24. The largest absolute Gasteiger partial charge is 0.366 e. The molecule has 1 heterocycles. The summed E-state index contributed by atoms with van der Waals surface area (Å²) in [5, 5.41) is 0. The summed E-state index contributed by atoms with van der Waals surface area (Å²) >= 11 is 1.42. The summed E-state index contributed by atoms with van der Waals surface area (Å²) in [6, 6.07) is 7.00. The second kappa shape index (κ2) is 8.20. The molecule has 0 saturated heterocycles. The number of hydrogen-bond donors (Lipinski definition) is 3. The topological polar surface area (TPSA) is 118 Å². The number of hydrazine groups is 1. The monoisotopic (exact) mass is 407 g/mol. The van der Waals surface area contributed by atoms with Crippen molar-refractivity contribution < 1.29 is 18.0 Å². The molecule has 0 fully saturated rings. The Morgan fingerprint density at radius 3 is 2.33 bits per heavy atom. The number of benzene rings is 1. The third-order valence-electron chi connectivity index (χ3n) is 4.47. The number of sulfonamides is 1. The van der Waals surface area contributed by atoms with Gasteiger partial charge in [-0.25, -0.2) is 8.42 Å². The Kier molecular flexibility index (Phi) is 5.93. The van der Waals surface area contributed by atoms with Crippen molar-refractivity contribution in [2.24, 2.45) is 5.73 Å². The van der Waals surface area contributed by atoms with E-state index >= 15 is 0 Å². The number of fused-ring (bicyclic) bond motifs is 1. The van der Waals surface area contributed by atoms with Gasteiger partial charge in [0.05, 0.1) is 9.77 Å². The molecule has 0 aliphatic heterocycles. The van der Waals surface area contributed by atoms with Crippen molar-refractivity contribution in [2.45, 2.75) is 43.4 Å². The van der Waals surface area contributed by atoms with Gasteiger partial charge < -0.3 is 5.73 Å². The van der Waals surface area contributed by atoms with E-state index in [2.05, 4.69) is 10.3 Å². The molecule has 144 valence electrons. The summed E-state index contributed by atoms with van der Waals surface area (Å²) in [6.07, 6.45) is 6.54. The van der Waals surface area contributed by atoms with Crippen LogP contribution in [0.2, 0.25) is 0 Å². The first-order chi connectivity index (χ1) is 12.9. The maximum absolute atomic E-state index is 12.4. The zero-order valence-corrected chi connectivity index (χ0v) is 16.3. The summed E-state index contributed by atoms with van der Waals surface area (Å²) in [6.45, 7) is 0. The van der Waals surface area contributed by atoms with Gasteiger partial charge in [0, 0.05) is 10.4 Å². The van der Waals surface area contributed by atoms with Crippen molar-refractivity contribution in [1.82, 2.24) is 10.3 Å². The van der Waals surface area contributed by atoms with E-state index in [1.54, 1.807) is 0 Å². The number of nitrogens with one attached hydrogen (secondary N) is 2. The van der Waals surface area contributed by atoms with Crippen LogP contribution in [0.5, 0.6) is 0 Å². The first-order valence-electron chi connectivity index (χ1n) is 8.70. The average Bonchev–Trinajstić information content (AvgIpc) is 3.02. The van der Waals surface area contributed by atoms with Gasteiger partial charge >= 0.3 is 0 Å². The highest BCUT2D eigenvalue weighted by Gasteiger charge is 2.19. The molecule has 2 amide bonds. The molecule has 9 heteroatoms. The molecule has 3 rings (SSSR count). The molecule has 0 saturated carbocycles. The van der Waals surface area contributed by atoms with Crippen LogP contribution in [-0.2, 0) is 22.9 Å². The number of amides is 2. The highest BCUT2D eigenvalue weighted by atomic mass is 32.2. The minimum Gasteiger partial charge on any atom is -0.366 e. The summed E-state index contributed by atoms with van der Waals surface area (Å²) in [5.41, 5.74) is 8.79. The average molecular weight is 408 g/mol. The van der Waals surface area contributed by atoms with Crippen LogP contribution in [-0.4, -0.2) is 20.2 Å². The van der Waals surface area contributed by atoms with Crippen molar-refractivity contribution in [1.29, 1.82) is 0 Å². The van der Waals surface area contributed by atoms with Crippen LogP contribution >= 0.6 is 11.3 Å². The Morgan fingerprint density at radius 1 is 1.00 bits per heavy atom. The molecule has 0 spiro atoms. The fourth-order valence-corrected chi connectivity index (χ4v) is 4.98. The normalized spacial score (nSPS) is 14.7. The third kappa shape index (κ3) is 4.74. The lowest BCUT2D eigenvalue weighted by molar-refractivity contribution is 0.0948. The molecular formula is C18H21N3O4S2. The zero-order valence-electron chi connectivity index (χ0n) is 14.7. The summed E-state index contributed by atoms with van der Waals surface area (Å²) in [5.74, 6) is -1.13. The van der Waals surface area contributed by atoms with Crippen LogP contribution in [0.3, 0.4) is 0 Å². The van der Waals surface area contributed by atoms with Crippen molar-refractivity contribution in [3.63, 3.8) is 0 Å². The van der Waals surface area contributed by atoms with E-state index in [4.69, 9.17) is 5.73 Å². The SMILES string of the molecule is NC(=O)c1ccc(S(=O)(=O)NNC(=O)c2cc3c(s2)CCCCCC3)cc1. The molecule has 1 aromatic carbocycles. The first kappa shape index (κ1) is 19.5. The van der Waals surface area contributed by atoms with E-state index in [-0.39, 0.29) is 10.5 Å². The molecule has 0 atom stereocenters. The van der Waals surface area contributed by atoms with Crippen molar-refractivity contribution in [3.8, 4) is 0 Å². The Labute approximate surface area is 162 Å². The molecule has 0 radical (unpaired) electrons. The molecule has 27 heavy (non-hydrogen) atoms. The number of nitrogens with two attached hydrogens (primary N) is 1. The van der Waals surface area contributed by atoms with Crippen molar-refractivity contribution in [3.05, 3.63) is 51.2 Å². The molecule has 4 N–H and O–H groups in total. The van der Waals surface area contributed by atoms with Gasteiger partial charge in [-0.15, -0.1) is 16.2 Å². The van der Waals surface area contributed by atoms with Crippen molar-refractivity contribution in [2.75, 3.05) is 0 Å². The smallest absolute Gasteiger partial charge is 0.276 e. The van der Waals surface area contributed by atoms with Crippen LogP contribution in [0.25, 0.3) is 0 Å². The minimum atomic E-state index is -3.95. The standard InChI is InChI=1S/C18H21N3O4S2/c19-17(22)12-7-9-14(10-8-12)27(24,25)21-20-18(23)16-11-13-5-3-1-2-4-6-15(13)26-16/h7-11,21H,1-6H2,(H2,19,22)(H,20,23). The predicted molar refractivity (Wildman–Crippen MR) is 103 cm³/mol. The lowest BCUT2D eigenvalue weighted by Crippen LogP contribution is -2.41. The fourth-order valence-electron chi connectivity index (χ4n) is 2.99. The van der Waals surface area contributed by atoms with Crippen LogP contribution in [0.1, 0.15) is 56.2 Å². The number of aryl methyl sites for hydroxylation is 2. The number of rotatable bonds is 5. The molecule has 2 aromatic rings. The van der Waals surface area contributed by atoms with Crippen molar-refractivity contribution >= 4 is 33.2 Å². The summed E-state index contributed by atoms with van der Waals surface area (Å²) in [7, 11) is -3.95. The fraction of sp³-hybridized carbons (Fsp3) is 0.333. The number of thiophene rings is 1. The summed E-state index contributed by atoms with van der Waals surface area (Å²) < 4.78 is 24.6. The van der Waals surface area contributed by atoms with E-state index in [9.17, 15) is 18.0 Å². The van der Waals surface area contributed by atoms with E-state index in [0.717, 1.165) is 25.7 Å². The Morgan fingerprint density at radius 2 is 1.67 bits per heavy atom. The Balaban J connectivity index is 1.67. The van der Waals surface area contributed by atoms with Crippen LogP contribution in [0.15, 0.2) is 35.2 Å². The van der Waals surface area contributed by atoms with Gasteiger partial charge in [0.1, 0.15) is 0 Å². The van der Waals surface area contributed by atoms with E-state index in [1.807, 2.05) is 6.07 Å². The lowest BCUT2D eigenvalue weighted by atomic mass is 10.00. The van der Waals surface area contributed by atoms with Crippen LogP contribution in [0, 0.1) is 0 Å². The minimum absolute atomic E-state index is 0.0775. The van der Waals surface area contributed by atoms with Gasteiger partial charge in [0.2, 0.25) is 5.91 Å². The maximum Gasteiger partial charge on any atom is 0.276 e. The summed E-state index contributed by atoms with van der Waals surface area (Å²) in [4.78, 5) is 27.1. The van der Waals surface area contributed by atoms with Gasteiger partial charge in [0.25, 0.3) is 15.9 Å². The van der Waals surface area contributed by atoms with E-state index in [0.29, 0.717) is 4.88 Å². The third-order valence-corrected chi connectivity index (χ3v) is 6.97. The highest BCUT2D eigenvalue weighted by molar-refractivity contribution is 7.89. The number of carbonyl (C=O) groups excluding carboxylic acids is 2. The van der Waals surface area contributed by atoms with Crippen LogP contribution in [0.4, 0.5) is 0 Å². The van der Waals surface area contributed by atoms with E-state index < -0.39 is 21.8 Å². The van der Waals surface area contributed by atoms with Gasteiger partial charge in [-0.1, -0.05) is 12.8 Å². The molecule has 1 aliphatic carbocycles. The van der Waals surface area contributed by atoms with Gasteiger partial charge in [-0.3, -0.25) is 15.0 Å². The number of carbonyl (C=O) groups is 2. The molecule has 1 aliphatic rings. The molecule has 1 aromatic heterocycles.